The van der Waals surface area contributed by atoms with Crippen molar-refractivity contribution in [2.24, 2.45) is 0 Å². The third kappa shape index (κ3) is 16.3. The number of carbonyl (C=O) groups excluding carboxylic acids is 3. The summed E-state index contributed by atoms with van der Waals surface area (Å²) in [5.41, 5.74) is -0.691. The summed E-state index contributed by atoms with van der Waals surface area (Å²) in [5.74, 6) is -15.5. The van der Waals surface area contributed by atoms with Gasteiger partial charge in [0.25, 0.3) is 0 Å². The predicted octanol–water partition coefficient (Wildman–Crippen LogP) is -3.67. The maximum absolute atomic E-state index is 13.4. The van der Waals surface area contributed by atoms with Crippen LogP contribution in [-0.4, -0.2) is 275 Å². The largest absolute Gasteiger partial charge is 0.507 e. The molecule has 37 heteroatoms. The molecule has 5 aromatic rings. The highest BCUT2D eigenvalue weighted by Crippen LogP contribution is 2.47. The van der Waals surface area contributed by atoms with E-state index in [1.807, 2.05) is 0 Å². The Hall–Kier alpha value is -9.52. The third-order valence-corrected chi connectivity index (χ3v) is 15.3. The molecule has 4 saturated heterocycles. The molecule has 0 radical (unpaired) electrons. The summed E-state index contributed by atoms with van der Waals surface area (Å²) in [7, 11) is 0. The highest BCUT2D eigenvalue weighted by Gasteiger charge is 2.55. The summed E-state index contributed by atoms with van der Waals surface area (Å²) >= 11 is 0. The van der Waals surface area contributed by atoms with Gasteiger partial charge in [-0.05, 0) is 47.5 Å². The number of aromatic hydroxyl groups is 7. The summed E-state index contributed by atoms with van der Waals surface area (Å²) in [6.45, 7) is -2.96. The molecule has 4 aliphatic rings. The number of carboxylic acids is 2. The number of ether oxygens (including phenoxy) is 11. The Bertz CT molecular complexity index is 3760. The number of carbonyl (C=O) groups is 5. The average Bonchev–Trinajstić information content (AvgIpc) is 0.766. The van der Waals surface area contributed by atoms with Crippen LogP contribution in [-0.2, 0) is 61.9 Å². The van der Waals surface area contributed by atoms with Crippen molar-refractivity contribution in [3.63, 3.8) is 0 Å². The first kappa shape index (κ1) is 71.8. The van der Waals surface area contributed by atoms with Crippen LogP contribution in [0.15, 0.2) is 83.3 Å². The van der Waals surface area contributed by atoms with E-state index in [-0.39, 0.29) is 11.1 Å². The molecule has 4 aromatic carbocycles. The Morgan fingerprint density at radius 2 is 1.03 bits per heavy atom. The summed E-state index contributed by atoms with van der Waals surface area (Å²) in [4.78, 5) is 62.0. The Kier molecular flexibility index (Phi) is 22.4. The lowest BCUT2D eigenvalue weighted by atomic mass is 9.97. The molecule has 37 nitrogen and oxygen atoms in total. The first-order valence-electron chi connectivity index (χ1n) is 28.7. The van der Waals surface area contributed by atoms with Gasteiger partial charge in [0.2, 0.25) is 30.4 Å². The normalized spacial score (nSPS) is 30.5. The van der Waals surface area contributed by atoms with E-state index >= 15 is 0 Å². The number of benzene rings is 4. The van der Waals surface area contributed by atoms with Gasteiger partial charge in [0, 0.05) is 36.4 Å². The van der Waals surface area contributed by atoms with Crippen molar-refractivity contribution in [3.8, 4) is 68.8 Å². The van der Waals surface area contributed by atoms with Crippen molar-refractivity contribution >= 4 is 53.0 Å². The van der Waals surface area contributed by atoms with Crippen LogP contribution in [0.4, 0.5) is 0 Å². The minimum Gasteiger partial charge on any atom is -0.507 e. The molecule has 4 aliphatic heterocycles. The molecule has 9 rings (SSSR count). The molecule has 0 saturated carbocycles. The lowest BCUT2D eigenvalue weighted by Gasteiger charge is -2.46. The highest BCUT2D eigenvalue weighted by molar-refractivity contribution is 5.91. The number of esters is 3. The summed E-state index contributed by atoms with van der Waals surface area (Å²) in [6.07, 6.45) is -40.3. The molecule has 0 spiro atoms. The van der Waals surface area contributed by atoms with E-state index in [0.717, 1.165) is 72.8 Å². The van der Waals surface area contributed by atoms with Crippen molar-refractivity contribution in [2.75, 3.05) is 19.8 Å². The molecular weight excluding hydrogens is 1310 g/mol. The molecule has 5 heterocycles. The zero-order valence-electron chi connectivity index (χ0n) is 49.4. The molecule has 1 aromatic heterocycles. The number of carboxylic acid groups (broad SMARTS) is 2. The van der Waals surface area contributed by atoms with Gasteiger partial charge in [0.1, 0.15) is 116 Å². The van der Waals surface area contributed by atoms with Gasteiger partial charge in [-0.3, -0.25) is 9.59 Å². The third-order valence-electron chi connectivity index (χ3n) is 15.3. The fourth-order valence-electron chi connectivity index (χ4n) is 10.1. The van der Waals surface area contributed by atoms with Crippen molar-refractivity contribution in [2.45, 2.75) is 129 Å². The fourth-order valence-corrected chi connectivity index (χ4v) is 10.1. The van der Waals surface area contributed by atoms with Crippen LogP contribution in [0.3, 0.4) is 0 Å². The van der Waals surface area contributed by atoms with Crippen LogP contribution in [0, 0.1) is 0 Å². The van der Waals surface area contributed by atoms with E-state index in [2.05, 4.69) is 0 Å². The number of fused-ring (bicyclic) bond motifs is 1. The van der Waals surface area contributed by atoms with E-state index in [0.29, 0.717) is 0 Å². The number of aliphatic carboxylic acids is 2. The van der Waals surface area contributed by atoms with E-state index in [9.17, 15) is 126 Å². The topological polar surface area (TPSA) is 603 Å². The van der Waals surface area contributed by atoms with Crippen LogP contribution in [0.1, 0.15) is 17.5 Å². The highest BCUT2D eigenvalue weighted by atomic mass is 16.8. The van der Waals surface area contributed by atoms with E-state index < -0.39 is 259 Å². The van der Waals surface area contributed by atoms with Crippen molar-refractivity contribution in [3.05, 3.63) is 90.0 Å². The zero-order chi connectivity index (χ0) is 70.6. The van der Waals surface area contributed by atoms with E-state index in [1.165, 1.54) is 18.2 Å². The van der Waals surface area contributed by atoms with Gasteiger partial charge in [0.05, 0.1) is 18.2 Å². The predicted molar refractivity (Wildman–Crippen MR) is 309 cm³/mol. The van der Waals surface area contributed by atoms with Crippen molar-refractivity contribution in [1.29, 1.82) is 0 Å². The molecule has 0 aliphatic carbocycles. The second-order valence-electron chi connectivity index (χ2n) is 22.0. The van der Waals surface area contributed by atoms with Crippen LogP contribution < -0.4 is 14.2 Å². The van der Waals surface area contributed by atoms with Gasteiger partial charge in [0.15, 0.2) is 59.1 Å². The first-order valence-corrected chi connectivity index (χ1v) is 28.7. The van der Waals surface area contributed by atoms with Crippen LogP contribution in [0.25, 0.3) is 34.4 Å². The lowest BCUT2D eigenvalue weighted by molar-refractivity contribution is -0.358. The number of hydrogen-bond acceptors (Lipinski definition) is 34. The molecular formula is C60H63O37+. The minimum atomic E-state index is -2.41. The van der Waals surface area contributed by atoms with Crippen LogP contribution in [0.5, 0.6) is 57.5 Å². The molecule has 524 valence electrons. The standard InChI is InChI=1S/C60H62O37/c61-17-34-42(74)47(79)54(95-39(71)8-4-21-2-6-26(63)29(66)10-21)60(92-34)97-55-48(80)44(76)36(19-87-40(72)16-37(68)69)94-59(55)91-33-15-24-27(64)13-23(88-57-50(82)45(77)43(75)35(93-57)18-86-38(70)7-3-20-1-5-25(62)28(65)9-20)14-31(24)89-52(33)22-11-30(67)41(73)32(12-22)90-58-51(83)46(78)49(81)53(96-58)56(84)85/h1-15,34-36,42-51,53-55,57-61,74-83H,16-19H2,(H8-,62,63,64,65,66,67,68,69,70,71,73,84,85)/p+1/t34?,35?,36?,42-,43-,44+,45+,46+,47+,48+,49+,50?,51?,53?,54?,55?,57-,58-,59-,60+/m1/s1. The first-order chi connectivity index (χ1) is 45.9. The number of hydrogen-bond donors (Lipinski definition) is 20. The van der Waals surface area contributed by atoms with Gasteiger partial charge < -0.3 is 154 Å². The van der Waals surface area contributed by atoms with Gasteiger partial charge >= 0.3 is 41.2 Å². The molecule has 97 heavy (non-hydrogen) atoms. The maximum atomic E-state index is 13.4. The quantitative estimate of drug-likeness (QED) is 0.00793. The average molecular weight is 1380 g/mol. The summed E-state index contributed by atoms with van der Waals surface area (Å²) in [6, 6.07) is 11.3. The van der Waals surface area contributed by atoms with Gasteiger partial charge in [-0.2, -0.15) is 0 Å². The minimum absolute atomic E-state index is 0.117. The van der Waals surface area contributed by atoms with E-state index in [1.54, 1.807) is 0 Å². The molecule has 20 atom stereocenters. The van der Waals surface area contributed by atoms with Crippen molar-refractivity contribution < 1.29 is 183 Å². The van der Waals surface area contributed by atoms with Gasteiger partial charge in [-0.1, -0.05) is 12.1 Å². The molecule has 0 bridgehead atoms. The van der Waals surface area contributed by atoms with Gasteiger partial charge in [-0.25, -0.2) is 18.8 Å². The maximum Gasteiger partial charge on any atom is 0.402 e. The number of phenolic OH excluding ortho intramolecular Hbond substituents is 7. The van der Waals surface area contributed by atoms with E-state index in [4.69, 9.17) is 56.5 Å². The van der Waals surface area contributed by atoms with Crippen LogP contribution in [0.2, 0.25) is 0 Å². The number of aliphatic hydroxyl groups is 11. The monoisotopic (exact) mass is 1380 g/mol. The number of aliphatic hydroxyl groups excluding tert-OH is 11. The second-order valence-corrected chi connectivity index (χ2v) is 22.0. The SMILES string of the molecule is O=C(O)CC(=O)OCC1O[C@@H](Oc2cc3c(O)cc(O[C@@H]4OC(COC(=O)/C=C/c5ccc(O)c(O)c5)[C@@H](O)[C@H](O)C4O)cc3[o+]c2-c2cc(O)c(O)c(O[C@@H]3OC(C(=O)O)[C@@H](O)[C@H](O)C3O)c2)C(O[C@@H]2OC(CO)[C@@H](O)[C@H](O)C2OC(=O)/C=C/c2ccc(O)c(O)c2)[C@@H](O)[C@H]1O. The Balaban J connectivity index is 1.10. The Labute approximate surface area is 542 Å². The van der Waals surface area contributed by atoms with Crippen molar-refractivity contribution in [1.82, 2.24) is 0 Å². The lowest BCUT2D eigenvalue weighted by Crippen LogP contribution is -2.65. The number of phenols is 7. The smallest absolute Gasteiger partial charge is 0.402 e. The molecule has 8 unspecified atom stereocenters. The van der Waals surface area contributed by atoms with Gasteiger partial charge in [-0.15, -0.1) is 0 Å². The number of rotatable bonds is 22. The zero-order valence-corrected chi connectivity index (χ0v) is 49.4. The molecule has 0 amide bonds. The molecule has 20 N–H and O–H groups in total. The fraction of sp³-hybridized carbons (Fsp3) is 0.400. The molecule has 4 fully saturated rings. The summed E-state index contributed by atoms with van der Waals surface area (Å²) < 4.78 is 68.3. The Morgan fingerprint density at radius 1 is 0.485 bits per heavy atom. The van der Waals surface area contributed by atoms with Crippen LogP contribution >= 0.6 is 0 Å². The second kappa shape index (κ2) is 30.3. The summed E-state index contributed by atoms with van der Waals surface area (Å²) in [5, 5.41) is 212. The Morgan fingerprint density at radius 3 is 1.64 bits per heavy atom.